The van der Waals surface area contributed by atoms with Crippen LogP contribution in [0.15, 0.2) is 36.7 Å². The van der Waals surface area contributed by atoms with Crippen LogP contribution in [0.1, 0.15) is 6.42 Å². The summed E-state index contributed by atoms with van der Waals surface area (Å²) in [5.41, 5.74) is 0.748. The molecule has 0 bridgehead atoms. The van der Waals surface area contributed by atoms with Gasteiger partial charge in [0.25, 0.3) is 0 Å². The van der Waals surface area contributed by atoms with Crippen LogP contribution in [-0.2, 0) is 0 Å². The van der Waals surface area contributed by atoms with Crippen molar-refractivity contribution >= 4 is 21.4 Å². The lowest BCUT2D eigenvalue weighted by Crippen LogP contribution is -2.00. The lowest BCUT2D eigenvalue weighted by molar-refractivity contribution is 0.279. The van der Waals surface area contributed by atoms with Crippen LogP contribution in [0.2, 0.25) is 0 Å². The maximum Gasteiger partial charge on any atom is 0.232 e. The minimum absolute atomic E-state index is 0.304. The fourth-order valence-electron chi connectivity index (χ4n) is 2.03. The van der Waals surface area contributed by atoms with Crippen LogP contribution < -0.4 is 9.47 Å². The standard InChI is InChI=1S/C16H15FN2O2S/c1-20-12-4-3-11-7-15(22-14(11)8-12)13-9-18-10-16(19-13)21-6-2-5-17/h3-4,7-10H,2,5-6H2,1H3. The molecule has 3 rings (SSSR count). The molecule has 0 radical (unpaired) electrons. The number of hydrogen-bond acceptors (Lipinski definition) is 5. The molecule has 1 aromatic carbocycles. The summed E-state index contributed by atoms with van der Waals surface area (Å²) < 4.78 is 23.8. The molecule has 0 aliphatic rings. The van der Waals surface area contributed by atoms with Crippen molar-refractivity contribution in [3.63, 3.8) is 0 Å². The highest BCUT2D eigenvalue weighted by atomic mass is 32.1. The number of methoxy groups -OCH3 is 1. The first kappa shape index (κ1) is 14.7. The van der Waals surface area contributed by atoms with Gasteiger partial charge in [0.2, 0.25) is 5.88 Å². The molecule has 2 aromatic heterocycles. The van der Waals surface area contributed by atoms with Gasteiger partial charge in [-0.25, -0.2) is 4.98 Å². The smallest absolute Gasteiger partial charge is 0.232 e. The van der Waals surface area contributed by atoms with E-state index in [4.69, 9.17) is 9.47 Å². The van der Waals surface area contributed by atoms with E-state index in [2.05, 4.69) is 16.0 Å². The number of alkyl halides is 1. The molecule has 0 atom stereocenters. The van der Waals surface area contributed by atoms with Crippen molar-refractivity contribution in [1.29, 1.82) is 0 Å². The Morgan fingerprint density at radius 3 is 2.95 bits per heavy atom. The van der Waals surface area contributed by atoms with Crippen LogP contribution in [0.3, 0.4) is 0 Å². The summed E-state index contributed by atoms with van der Waals surface area (Å²) in [7, 11) is 1.65. The number of fused-ring (bicyclic) bond motifs is 1. The Morgan fingerprint density at radius 2 is 2.14 bits per heavy atom. The van der Waals surface area contributed by atoms with Crippen molar-refractivity contribution in [2.24, 2.45) is 0 Å². The van der Waals surface area contributed by atoms with Crippen molar-refractivity contribution in [1.82, 2.24) is 9.97 Å². The van der Waals surface area contributed by atoms with Crippen LogP contribution in [0.5, 0.6) is 11.6 Å². The van der Waals surface area contributed by atoms with Crippen molar-refractivity contribution in [3.8, 4) is 22.2 Å². The first-order valence-corrected chi connectivity index (χ1v) is 7.70. The third-order valence-electron chi connectivity index (χ3n) is 3.12. The van der Waals surface area contributed by atoms with E-state index in [1.54, 1.807) is 24.6 Å². The third kappa shape index (κ3) is 3.17. The van der Waals surface area contributed by atoms with E-state index in [9.17, 15) is 4.39 Å². The summed E-state index contributed by atoms with van der Waals surface area (Å²) in [6.07, 6.45) is 3.59. The molecule has 0 spiro atoms. The van der Waals surface area contributed by atoms with Crippen LogP contribution in [0, 0.1) is 0 Å². The van der Waals surface area contributed by atoms with Crippen LogP contribution in [0.4, 0.5) is 4.39 Å². The lowest BCUT2D eigenvalue weighted by atomic mass is 10.2. The molecule has 0 aliphatic heterocycles. The Morgan fingerprint density at radius 1 is 1.23 bits per heavy atom. The van der Waals surface area contributed by atoms with Gasteiger partial charge in [-0.2, -0.15) is 0 Å². The van der Waals surface area contributed by atoms with Crippen molar-refractivity contribution in [2.45, 2.75) is 6.42 Å². The van der Waals surface area contributed by atoms with Gasteiger partial charge in [-0.15, -0.1) is 11.3 Å². The average Bonchev–Trinajstić information content (AvgIpc) is 2.98. The Kier molecular flexibility index (Phi) is 4.48. The molecule has 0 N–H and O–H groups in total. The molecular weight excluding hydrogens is 303 g/mol. The lowest BCUT2D eigenvalue weighted by Gasteiger charge is -2.04. The molecule has 0 saturated carbocycles. The van der Waals surface area contributed by atoms with Crippen LogP contribution in [0.25, 0.3) is 20.7 Å². The van der Waals surface area contributed by atoms with E-state index in [1.165, 1.54) is 6.20 Å². The van der Waals surface area contributed by atoms with Gasteiger partial charge < -0.3 is 9.47 Å². The van der Waals surface area contributed by atoms with Crippen molar-refractivity contribution < 1.29 is 13.9 Å². The average molecular weight is 318 g/mol. The van der Waals surface area contributed by atoms with E-state index in [0.29, 0.717) is 18.9 Å². The molecular formula is C16H15FN2O2S. The number of aromatic nitrogens is 2. The number of thiophene rings is 1. The number of ether oxygens (including phenoxy) is 2. The summed E-state index contributed by atoms with van der Waals surface area (Å²) in [5, 5.41) is 1.13. The molecule has 22 heavy (non-hydrogen) atoms. The molecule has 4 nitrogen and oxygen atoms in total. The zero-order chi connectivity index (χ0) is 15.4. The second-order valence-corrected chi connectivity index (χ2v) is 5.73. The molecule has 0 amide bonds. The number of halogens is 1. The molecule has 114 valence electrons. The number of hydrogen-bond donors (Lipinski definition) is 0. The molecule has 6 heteroatoms. The van der Waals surface area contributed by atoms with Gasteiger partial charge in [-0.1, -0.05) is 0 Å². The van der Waals surface area contributed by atoms with Gasteiger partial charge in [0.15, 0.2) is 0 Å². The van der Waals surface area contributed by atoms with E-state index in [-0.39, 0.29) is 0 Å². The summed E-state index contributed by atoms with van der Waals surface area (Å²) in [6, 6.07) is 8.01. The Hall–Kier alpha value is -2.21. The molecule has 0 fully saturated rings. The van der Waals surface area contributed by atoms with E-state index in [1.807, 2.05) is 18.2 Å². The summed E-state index contributed by atoms with van der Waals surface area (Å²) in [5.74, 6) is 1.25. The molecule has 0 saturated heterocycles. The van der Waals surface area contributed by atoms with Gasteiger partial charge in [-0.3, -0.25) is 9.37 Å². The largest absolute Gasteiger partial charge is 0.497 e. The van der Waals surface area contributed by atoms with Crippen LogP contribution in [-0.4, -0.2) is 30.4 Å². The summed E-state index contributed by atoms with van der Waals surface area (Å²) >= 11 is 1.62. The number of nitrogens with zero attached hydrogens (tertiary/aromatic N) is 2. The third-order valence-corrected chi connectivity index (χ3v) is 4.24. The van der Waals surface area contributed by atoms with Gasteiger partial charge in [0.1, 0.15) is 11.4 Å². The monoisotopic (exact) mass is 318 g/mol. The first-order chi connectivity index (χ1) is 10.8. The fourth-order valence-corrected chi connectivity index (χ4v) is 3.08. The van der Waals surface area contributed by atoms with Gasteiger partial charge in [0.05, 0.1) is 37.7 Å². The molecule has 2 heterocycles. The van der Waals surface area contributed by atoms with Gasteiger partial charge in [-0.05, 0) is 29.7 Å². The zero-order valence-electron chi connectivity index (χ0n) is 12.1. The summed E-state index contributed by atoms with van der Waals surface area (Å²) in [6.45, 7) is -0.0937. The highest BCUT2D eigenvalue weighted by Crippen LogP contribution is 2.34. The maximum atomic E-state index is 12.1. The van der Waals surface area contributed by atoms with Crippen molar-refractivity contribution in [2.75, 3.05) is 20.4 Å². The highest BCUT2D eigenvalue weighted by Gasteiger charge is 2.08. The SMILES string of the molecule is COc1ccc2cc(-c3cncc(OCCCF)n3)sc2c1. The topological polar surface area (TPSA) is 44.2 Å². The van der Waals surface area contributed by atoms with E-state index >= 15 is 0 Å². The minimum atomic E-state index is -0.398. The predicted octanol–water partition coefficient (Wildman–Crippen LogP) is 4.11. The second-order valence-electron chi connectivity index (χ2n) is 4.65. The molecule has 3 aromatic rings. The number of rotatable bonds is 6. The Balaban J connectivity index is 1.88. The Labute approximate surface area is 131 Å². The zero-order valence-corrected chi connectivity index (χ0v) is 12.9. The Bertz CT molecular complexity index is 776. The fraction of sp³-hybridized carbons (Fsp3) is 0.250. The predicted molar refractivity (Wildman–Crippen MR) is 85.5 cm³/mol. The van der Waals surface area contributed by atoms with Gasteiger partial charge >= 0.3 is 0 Å². The molecule has 0 unspecified atom stereocenters. The minimum Gasteiger partial charge on any atom is -0.497 e. The second kappa shape index (κ2) is 6.70. The van der Waals surface area contributed by atoms with Crippen LogP contribution >= 0.6 is 11.3 Å². The number of benzene rings is 1. The normalized spacial score (nSPS) is 10.8. The van der Waals surface area contributed by atoms with E-state index in [0.717, 1.165) is 26.4 Å². The van der Waals surface area contributed by atoms with Crippen molar-refractivity contribution in [3.05, 3.63) is 36.7 Å². The summed E-state index contributed by atoms with van der Waals surface area (Å²) in [4.78, 5) is 9.58. The highest BCUT2D eigenvalue weighted by molar-refractivity contribution is 7.22. The van der Waals surface area contributed by atoms with Gasteiger partial charge in [0, 0.05) is 11.1 Å². The maximum absolute atomic E-state index is 12.1. The first-order valence-electron chi connectivity index (χ1n) is 6.89. The van der Waals surface area contributed by atoms with E-state index < -0.39 is 6.67 Å². The quantitative estimate of drug-likeness (QED) is 0.642. The molecule has 0 aliphatic carbocycles.